The van der Waals surface area contributed by atoms with Crippen molar-refractivity contribution < 1.29 is 29.2 Å². The number of methoxy groups -OCH3 is 1. The predicted octanol–water partition coefficient (Wildman–Crippen LogP) is 3.09. The largest absolute Gasteiger partial charge is 0.496 e. The maximum Gasteiger partial charge on any atom is 0.387 e. The number of carbonyl (C=O) groups is 1. The molecule has 1 aliphatic rings. The van der Waals surface area contributed by atoms with Gasteiger partial charge in [0.2, 0.25) is 0 Å². The highest BCUT2D eigenvalue weighted by atomic mass is 19.3. The predicted molar refractivity (Wildman–Crippen MR) is 111 cm³/mol. The molecular formula is C21H24F2N4O4. The van der Waals surface area contributed by atoms with E-state index in [0.29, 0.717) is 35.8 Å². The van der Waals surface area contributed by atoms with Gasteiger partial charge >= 0.3 is 6.61 Å². The standard InChI is InChI=1S/C21H22F2N4O4.H2/c1-29-16-8-12(9-17(31-21(22)23)19(16)20(28)26-13-2-3-13)15-11-25-18-10-14(30-7-5-24)4-6-27(15)18;/h4,6,8-11,13,21H,2-3,5,7,24H2,1H3,(H,26,28);1H. The summed E-state index contributed by atoms with van der Waals surface area (Å²) in [6, 6.07) is 6.52. The molecule has 10 heteroatoms. The SMILES string of the molecule is COc1cc(-c2cnc3cc(OCCN)ccn23)cc(OC(F)F)c1C(=O)NC1CC1.[HH]. The van der Waals surface area contributed by atoms with Gasteiger partial charge in [0.05, 0.1) is 19.0 Å². The molecule has 0 radical (unpaired) electrons. The Balaban J connectivity index is 0.00000289. The van der Waals surface area contributed by atoms with Gasteiger partial charge in [-0.25, -0.2) is 4.98 Å². The summed E-state index contributed by atoms with van der Waals surface area (Å²) >= 11 is 0. The number of ether oxygens (including phenoxy) is 3. The molecule has 1 amide bonds. The lowest BCUT2D eigenvalue weighted by Crippen LogP contribution is -2.26. The Hall–Kier alpha value is -3.40. The molecule has 1 aromatic carbocycles. The molecule has 31 heavy (non-hydrogen) atoms. The number of aromatic nitrogens is 2. The number of pyridine rings is 1. The van der Waals surface area contributed by atoms with E-state index in [0.717, 1.165) is 12.8 Å². The number of benzene rings is 1. The summed E-state index contributed by atoms with van der Waals surface area (Å²) in [7, 11) is 1.37. The van der Waals surface area contributed by atoms with Crippen LogP contribution in [0, 0.1) is 0 Å². The topological polar surface area (TPSA) is 100 Å². The molecule has 4 rings (SSSR count). The zero-order valence-electron chi connectivity index (χ0n) is 16.8. The second kappa shape index (κ2) is 8.76. The number of amides is 1. The normalized spacial score (nSPS) is 13.5. The van der Waals surface area contributed by atoms with Crippen molar-refractivity contribution in [3.05, 3.63) is 42.2 Å². The molecule has 0 atom stereocenters. The fourth-order valence-corrected chi connectivity index (χ4v) is 3.24. The minimum absolute atomic E-state index is 0. The van der Waals surface area contributed by atoms with Crippen LogP contribution in [0.5, 0.6) is 17.2 Å². The van der Waals surface area contributed by atoms with Crippen LogP contribution >= 0.6 is 0 Å². The summed E-state index contributed by atoms with van der Waals surface area (Å²) in [4.78, 5) is 17.0. The first kappa shape index (κ1) is 20.9. The lowest BCUT2D eigenvalue weighted by molar-refractivity contribution is -0.0502. The van der Waals surface area contributed by atoms with Crippen molar-refractivity contribution in [1.82, 2.24) is 14.7 Å². The van der Waals surface area contributed by atoms with Crippen molar-refractivity contribution >= 4 is 11.6 Å². The number of nitrogens with two attached hydrogens (primary N) is 1. The molecule has 0 aliphatic heterocycles. The first-order valence-electron chi connectivity index (χ1n) is 9.78. The highest BCUT2D eigenvalue weighted by Crippen LogP contribution is 2.37. The molecule has 1 saturated carbocycles. The summed E-state index contributed by atoms with van der Waals surface area (Å²) in [6.07, 6.45) is 5.05. The monoisotopic (exact) mass is 434 g/mol. The van der Waals surface area contributed by atoms with Gasteiger partial charge in [-0.3, -0.25) is 9.20 Å². The van der Waals surface area contributed by atoms with Crippen LogP contribution in [-0.2, 0) is 0 Å². The van der Waals surface area contributed by atoms with Gasteiger partial charge in [-0.15, -0.1) is 0 Å². The van der Waals surface area contributed by atoms with E-state index in [-0.39, 0.29) is 24.5 Å². The molecule has 1 fully saturated rings. The van der Waals surface area contributed by atoms with Gasteiger partial charge in [0, 0.05) is 31.8 Å². The van der Waals surface area contributed by atoms with Gasteiger partial charge in [-0.2, -0.15) is 8.78 Å². The Morgan fingerprint density at radius 1 is 1.35 bits per heavy atom. The fraction of sp³-hybridized carbons (Fsp3) is 0.333. The Morgan fingerprint density at radius 3 is 2.81 bits per heavy atom. The number of rotatable bonds is 9. The van der Waals surface area contributed by atoms with E-state index in [4.69, 9.17) is 15.2 Å². The molecule has 0 spiro atoms. The van der Waals surface area contributed by atoms with E-state index in [9.17, 15) is 13.6 Å². The number of hydrogen-bond acceptors (Lipinski definition) is 6. The molecule has 0 bridgehead atoms. The maximum absolute atomic E-state index is 13.1. The highest BCUT2D eigenvalue weighted by molar-refractivity contribution is 6.01. The van der Waals surface area contributed by atoms with Gasteiger partial charge in [0.1, 0.15) is 35.1 Å². The van der Waals surface area contributed by atoms with E-state index in [1.54, 1.807) is 35.0 Å². The molecule has 1 aliphatic carbocycles. The fourth-order valence-electron chi connectivity index (χ4n) is 3.24. The molecule has 0 saturated heterocycles. The molecule has 2 heterocycles. The van der Waals surface area contributed by atoms with Crippen molar-refractivity contribution in [1.29, 1.82) is 0 Å². The van der Waals surface area contributed by atoms with Gasteiger partial charge in [-0.1, -0.05) is 0 Å². The Morgan fingerprint density at radius 2 is 2.13 bits per heavy atom. The second-order valence-corrected chi connectivity index (χ2v) is 7.05. The second-order valence-electron chi connectivity index (χ2n) is 7.05. The smallest absolute Gasteiger partial charge is 0.387 e. The number of halogens is 2. The van der Waals surface area contributed by atoms with Crippen LogP contribution in [0.2, 0.25) is 0 Å². The van der Waals surface area contributed by atoms with E-state index in [2.05, 4.69) is 15.0 Å². The minimum Gasteiger partial charge on any atom is -0.496 e. The average Bonchev–Trinajstić information content (AvgIpc) is 3.46. The van der Waals surface area contributed by atoms with Crippen molar-refractivity contribution in [3.63, 3.8) is 0 Å². The van der Waals surface area contributed by atoms with Crippen LogP contribution in [0.3, 0.4) is 0 Å². The molecule has 166 valence electrons. The van der Waals surface area contributed by atoms with Gasteiger partial charge in [0.15, 0.2) is 0 Å². The maximum atomic E-state index is 13.1. The number of alkyl halides is 2. The number of nitrogens with one attached hydrogen (secondary N) is 1. The van der Waals surface area contributed by atoms with Crippen LogP contribution in [0.1, 0.15) is 24.6 Å². The molecule has 3 N–H and O–H groups in total. The Bertz CT molecular complexity index is 1100. The number of fused-ring (bicyclic) bond motifs is 1. The zero-order chi connectivity index (χ0) is 22.0. The number of hydrogen-bond donors (Lipinski definition) is 2. The van der Waals surface area contributed by atoms with Crippen LogP contribution in [0.15, 0.2) is 36.7 Å². The van der Waals surface area contributed by atoms with Crippen LogP contribution in [0.25, 0.3) is 16.9 Å². The Kier molecular flexibility index (Phi) is 5.90. The average molecular weight is 434 g/mol. The van der Waals surface area contributed by atoms with Crippen LogP contribution < -0.4 is 25.3 Å². The third kappa shape index (κ3) is 4.53. The summed E-state index contributed by atoms with van der Waals surface area (Å²) in [5.74, 6) is -0.0348. The van der Waals surface area contributed by atoms with Gasteiger partial charge in [-0.05, 0) is 31.0 Å². The van der Waals surface area contributed by atoms with Crippen LogP contribution in [-0.4, -0.2) is 48.2 Å². The van der Waals surface area contributed by atoms with Crippen molar-refractivity contribution in [2.45, 2.75) is 25.5 Å². The van der Waals surface area contributed by atoms with Crippen LogP contribution in [0.4, 0.5) is 8.78 Å². The first-order valence-corrected chi connectivity index (χ1v) is 9.78. The van der Waals surface area contributed by atoms with Crippen molar-refractivity contribution in [2.75, 3.05) is 20.3 Å². The van der Waals surface area contributed by atoms with E-state index in [1.165, 1.54) is 13.2 Å². The molecule has 8 nitrogen and oxygen atoms in total. The summed E-state index contributed by atoms with van der Waals surface area (Å²) in [5.41, 5.74) is 7.09. The summed E-state index contributed by atoms with van der Waals surface area (Å²) < 4.78 is 43.5. The lowest BCUT2D eigenvalue weighted by Gasteiger charge is -2.16. The highest BCUT2D eigenvalue weighted by Gasteiger charge is 2.29. The number of carbonyl (C=O) groups excluding carboxylic acids is 1. The lowest BCUT2D eigenvalue weighted by atomic mass is 10.1. The van der Waals surface area contributed by atoms with E-state index in [1.807, 2.05) is 0 Å². The first-order chi connectivity index (χ1) is 15.0. The quantitative estimate of drug-likeness (QED) is 0.537. The number of imidazole rings is 1. The number of nitrogens with zero attached hydrogens (tertiary/aromatic N) is 2. The molecular weight excluding hydrogens is 410 g/mol. The molecule has 2 aromatic heterocycles. The minimum atomic E-state index is -3.10. The third-order valence-corrected chi connectivity index (χ3v) is 4.81. The van der Waals surface area contributed by atoms with E-state index >= 15 is 0 Å². The zero-order valence-corrected chi connectivity index (χ0v) is 16.8. The summed E-state index contributed by atoms with van der Waals surface area (Å²) in [5, 5.41) is 2.78. The third-order valence-electron chi connectivity index (χ3n) is 4.81. The van der Waals surface area contributed by atoms with Crippen molar-refractivity contribution in [2.24, 2.45) is 5.73 Å². The van der Waals surface area contributed by atoms with Gasteiger partial charge in [0.25, 0.3) is 5.91 Å². The summed E-state index contributed by atoms with van der Waals surface area (Å²) in [6.45, 7) is -2.34. The Labute approximate surface area is 178 Å². The van der Waals surface area contributed by atoms with E-state index < -0.39 is 12.5 Å². The molecule has 0 unspecified atom stereocenters. The van der Waals surface area contributed by atoms with Gasteiger partial charge < -0.3 is 25.3 Å². The molecule has 3 aromatic rings. The van der Waals surface area contributed by atoms with Crippen molar-refractivity contribution in [3.8, 4) is 28.5 Å².